The van der Waals surface area contributed by atoms with Crippen LogP contribution in [0.4, 0.5) is 16.2 Å². The molecule has 55 valence electrons. The fraction of sp³-hybridized carbons (Fsp3) is 0. The van der Waals surface area contributed by atoms with Gasteiger partial charge in [0.2, 0.25) is 0 Å². The molecule has 0 aromatic heterocycles. The number of nitrogens with one attached hydrogen (secondary N) is 1. The maximum Gasteiger partial charge on any atom is 0.346 e. The summed E-state index contributed by atoms with van der Waals surface area (Å²) >= 11 is 3.29. The van der Waals surface area contributed by atoms with Crippen molar-refractivity contribution < 1.29 is 4.79 Å². The molecule has 0 spiro atoms. The highest BCUT2D eigenvalue weighted by Crippen LogP contribution is 2.34. The van der Waals surface area contributed by atoms with Crippen molar-refractivity contribution in [1.29, 1.82) is 0 Å². The molecule has 0 atom stereocenters. The van der Waals surface area contributed by atoms with Crippen LogP contribution in [0.25, 0.3) is 0 Å². The van der Waals surface area contributed by atoms with Crippen LogP contribution in [0.15, 0.2) is 22.7 Å². The molecule has 0 fully saturated rings. The second kappa shape index (κ2) is 2.23. The van der Waals surface area contributed by atoms with Crippen LogP contribution in [-0.2, 0) is 0 Å². The van der Waals surface area contributed by atoms with Crippen LogP contribution in [0, 0.1) is 0 Å². The lowest BCUT2D eigenvalue weighted by Crippen LogP contribution is -2.08. The predicted octanol–water partition coefficient (Wildman–Crippen LogP) is 2.23. The Bertz CT molecular complexity index is 324. The Morgan fingerprint density at radius 1 is 1.45 bits per heavy atom. The van der Waals surface area contributed by atoms with E-state index in [2.05, 4.69) is 26.6 Å². The highest BCUT2D eigenvalue weighted by atomic mass is 79.9. The summed E-state index contributed by atoms with van der Waals surface area (Å²) in [5.74, 6) is 0. The van der Waals surface area contributed by atoms with Crippen LogP contribution in [0.1, 0.15) is 0 Å². The van der Waals surface area contributed by atoms with Gasteiger partial charge in [0.05, 0.1) is 5.69 Å². The number of amides is 2. The fourth-order valence-corrected chi connectivity index (χ4v) is 1.43. The molecule has 1 aromatic carbocycles. The Morgan fingerprint density at radius 2 is 2.27 bits per heavy atom. The van der Waals surface area contributed by atoms with Crippen LogP contribution in [0.3, 0.4) is 0 Å². The van der Waals surface area contributed by atoms with Crippen molar-refractivity contribution in [3.8, 4) is 0 Å². The van der Waals surface area contributed by atoms with Crippen LogP contribution < -0.4 is 10.6 Å². The molecule has 1 heterocycles. The maximum atomic E-state index is 10.8. The lowest BCUT2D eigenvalue weighted by Gasteiger charge is -1.95. The highest BCUT2D eigenvalue weighted by molar-refractivity contribution is 9.10. The standard InChI is InChI=1S/C7H4BrN2O/c8-4-2-1-3-5-6(4)10-7(11)9-5/h1-3H,(H,9,11). The van der Waals surface area contributed by atoms with Gasteiger partial charge in [0.25, 0.3) is 0 Å². The van der Waals surface area contributed by atoms with Gasteiger partial charge in [-0.25, -0.2) is 4.79 Å². The summed E-state index contributed by atoms with van der Waals surface area (Å²) < 4.78 is 0.841. The quantitative estimate of drug-likeness (QED) is 0.703. The number of para-hydroxylation sites is 1. The lowest BCUT2D eigenvalue weighted by molar-refractivity contribution is 0.256. The average molecular weight is 212 g/mol. The molecule has 1 aromatic rings. The van der Waals surface area contributed by atoms with Crippen molar-refractivity contribution in [2.75, 3.05) is 5.32 Å². The summed E-state index contributed by atoms with van der Waals surface area (Å²) in [4.78, 5) is 10.8. The monoisotopic (exact) mass is 211 g/mol. The van der Waals surface area contributed by atoms with E-state index in [9.17, 15) is 4.79 Å². The largest absolute Gasteiger partial charge is 0.346 e. The van der Waals surface area contributed by atoms with E-state index in [4.69, 9.17) is 0 Å². The molecule has 0 bridgehead atoms. The summed E-state index contributed by atoms with van der Waals surface area (Å²) in [7, 11) is 0. The van der Waals surface area contributed by atoms with Gasteiger partial charge in [0, 0.05) is 4.47 Å². The first-order valence-corrected chi connectivity index (χ1v) is 3.88. The van der Waals surface area contributed by atoms with Gasteiger partial charge in [-0.2, -0.15) is 5.32 Å². The predicted molar refractivity (Wildman–Crippen MR) is 45.0 cm³/mol. The molecular formula is C7H4BrN2O. The van der Waals surface area contributed by atoms with Crippen LogP contribution in [0.2, 0.25) is 0 Å². The number of fused-ring (bicyclic) bond motifs is 1. The Hall–Kier alpha value is -1.03. The molecular weight excluding hydrogens is 208 g/mol. The van der Waals surface area contributed by atoms with Crippen LogP contribution in [0.5, 0.6) is 0 Å². The number of nitrogens with zero attached hydrogens (tertiary/aromatic N) is 1. The van der Waals surface area contributed by atoms with E-state index < -0.39 is 0 Å². The number of urea groups is 1. The minimum Gasteiger partial charge on any atom is -0.304 e. The van der Waals surface area contributed by atoms with Gasteiger partial charge in [-0.05, 0) is 28.1 Å². The third kappa shape index (κ3) is 0.991. The summed E-state index contributed by atoms with van der Waals surface area (Å²) in [5, 5.41) is 6.36. The molecule has 0 saturated heterocycles. The first-order chi connectivity index (χ1) is 5.27. The molecule has 2 amide bonds. The lowest BCUT2D eigenvalue weighted by atomic mass is 10.3. The molecule has 1 N–H and O–H groups in total. The molecule has 1 aliphatic heterocycles. The van der Waals surface area contributed by atoms with Gasteiger partial charge in [-0.3, -0.25) is 0 Å². The van der Waals surface area contributed by atoms with Gasteiger partial charge in [0.15, 0.2) is 0 Å². The number of benzene rings is 1. The average Bonchev–Trinajstić information content (AvgIpc) is 2.31. The number of hydrogen-bond acceptors (Lipinski definition) is 1. The Balaban J connectivity index is 2.57. The van der Waals surface area contributed by atoms with Crippen LogP contribution >= 0.6 is 15.9 Å². The van der Waals surface area contributed by atoms with E-state index in [0.717, 1.165) is 10.2 Å². The SMILES string of the molecule is O=C1[N]c2c(Br)cccc2N1. The van der Waals surface area contributed by atoms with E-state index in [1.165, 1.54) is 0 Å². The smallest absolute Gasteiger partial charge is 0.304 e. The molecule has 3 nitrogen and oxygen atoms in total. The van der Waals surface area contributed by atoms with Crippen molar-refractivity contribution in [3.05, 3.63) is 22.7 Å². The van der Waals surface area contributed by atoms with Crippen molar-refractivity contribution in [2.24, 2.45) is 0 Å². The Labute approximate surface area is 71.9 Å². The zero-order valence-electron chi connectivity index (χ0n) is 5.47. The first-order valence-electron chi connectivity index (χ1n) is 3.08. The normalized spacial score (nSPS) is 13.7. The van der Waals surface area contributed by atoms with Crippen molar-refractivity contribution in [1.82, 2.24) is 5.32 Å². The molecule has 4 heteroatoms. The number of carbonyl (C=O) groups is 1. The minimum absolute atomic E-state index is 0.299. The van der Waals surface area contributed by atoms with E-state index in [-0.39, 0.29) is 6.03 Å². The molecule has 0 aliphatic carbocycles. The third-order valence-corrected chi connectivity index (χ3v) is 2.08. The van der Waals surface area contributed by atoms with E-state index in [1.807, 2.05) is 18.2 Å². The number of anilines is 1. The second-order valence-electron chi connectivity index (χ2n) is 2.18. The van der Waals surface area contributed by atoms with E-state index in [1.54, 1.807) is 0 Å². The molecule has 0 saturated carbocycles. The third-order valence-electron chi connectivity index (χ3n) is 1.44. The number of rotatable bonds is 0. The Morgan fingerprint density at radius 3 is 3.00 bits per heavy atom. The van der Waals surface area contributed by atoms with Crippen molar-refractivity contribution in [3.63, 3.8) is 0 Å². The van der Waals surface area contributed by atoms with Gasteiger partial charge in [0.1, 0.15) is 5.69 Å². The fourth-order valence-electron chi connectivity index (χ4n) is 0.975. The van der Waals surface area contributed by atoms with Crippen molar-refractivity contribution in [2.45, 2.75) is 0 Å². The van der Waals surface area contributed by atoms with Gasteiger partial charge in [-0.1, -0.05) is 6.07 Å². The maximum absolute atomic E-state index is 10.8. The molecule has 11 heavy (non-hydrogen) atoms. The van der Waals surface area contributed by atoms with Gasteiger partial charge < -0.3 is 5.32 Å². The first kappa shape index (κ1) is 6.67. The van der Waals surface area contributed by atoms with Crippen LogP contribution in [-0.4, -0.2) is 6.03 Å². The Kier molecular flexibility index (Phi) is 1.35. The summed E-state index contributed by atoms with van der Waals surface area (Å²) in [5.41, 5.74) is 1.46. The topological polar surface area (TPSA) is 43.2 Å². The van der Waals surface area contributed by atoms with E-state index in [0.29, 0.717) is 5.69 Å². The zero-order chi connectivity index (χ0) is 7.84. The summed E-state index contributed by atoms with van der Waals surface area (Å²) in [6.07, 6.45) is 0. The second-order valence-corrected chi connectivity index (χ2v) is 3.03. The van der Waals surface area contributed by atoms with E-state index >= 15 is 0 Å². The summed E-state index contributed by atoms with van der Waals surface area (Å²) in [6, 6.07) is 5.22. The van der Waals surface area contributed by atoms with Crippen molar-refractivity contribution >= 4 is 33.3 Å². The molecule has 1 aliphatic rings. The number of hydrogen-bond donors (Lipinski definition) is 1. The summed E-state index contributed by atoms with van der Waals surface area (Å²) in [6.45, 7) is 0. The van der Waals surface area contributed by atoms with Gasteiger partial charge in [-0.15, -0.1) is 0 Å². The zero-order valence-corrected chi connectivity index (χ0v) is 7.05. The number of halogens is 1. The molecule has 0 unspecified atom stereocenters. The molecule has 2 rings (SSSR count). The minimum atomic E-state index is -0.299. The number of carbonyl (C=O) groups excluding carboxylic acids is 1. The molecule has 1 radical (unpaired) electrons. The van der Waals surface area contributed by atoms with Gasteiger partial charge >= 0.3 is 6.03 Å². The highest BCUT2D eigenvalue weighted by Gasteiger charge is 2.20.